The molecule has 1 amide bonds. The molecular weight excluding hydrogens is 338 g/mol. The first-order chi connectivity index (χ1) is 12.3. The number of carbonyl (C=O) groups excluding carboxylic acids is 2. The van der Waals surface area contributed by atoms with Gasteiger partial charge in [-0.25, -0.2) is 8.78 Å². The Morgan fingerprint density at radius 3 is 2.50 bits per heavy atom. The predicted molar refractivity (Wildman–Crippen MR) is 93.9 cm³/mol. The average Bonchev–Trinajstić information content (AvgIpc) is 3.50. The molecule has 3 atom stereocenters. The van der Waals surface area contributed by atoms with Crippen LogP contribution in [0.4, 0.5) is 14.5 Å². The highest BCUT2D eigenvalue weighted by molar-refractivity contribution is 5.94. The summed E-state index contributed by atoms with van der Waals surface area (Å²) in [6, 6.07) is 6.43. The zero-order valence-electron chi connectivity index (χ0n) is 14.9. The van der Waals surface area contributed by atoms with Crippen LogP contribution in [-0.2, 0) is 15.5 Å². The average molecular weight is 362 g/mol. The third-order valence-electron chi connectivity index (χ3n) is 5.91. The van der Waals surface area contributed by atoms with E-state index in [9.17, 15) is 18.4 Å². The van der Waals surface area contributed by atoms with Crippen molar-refractivity contribution in [2.24, 2.45) is 17.8 Å². The van der Waals surface area contributed by atoms with Gasteiger partial charge in [-0.1, -0.05) is 12.1 Å². The first-order valence-electron chi connectivity index (χ1n) is 9.38. The Bertz CT molecular complexity index is 715. The molecule has 1 aromatic rings. The molecule has 26 heavy (non-hydrogen) atoms. The van der Waals surface area contributed by atoms with Crippen molar-refractivity contribution in [2.75, 3.05) is 18.4 Å². The van der Waals surface area contributed by atoms with E-state index in [1.165, 1.54) is 31.0 Å². The fraction of sp³-hybridized carbons (Fsp3) is 0.600. The predicted octanol–water partition coefficient (Wildman–Crippen LogP) is 3.43. The second-order valence-corrected chi connectivity index (χ2v) is 8.02. The number of rotatable bonds is 7. The molecule has 3 aliphatic rings. The number of fused-ring (bicyclic) bond motifs is 1. The Hall–Kier alpha value is -1.82. The Morgan fingerprint density at radius 1 is 1.19 bits per heavy atom. The smallest absolute Gasteiger partial charge is 0.270 e. The van der Waals surface area contributed by atoms with E-state index < -0.39 is 5.92 Å². The van der Waals surface area contributed by atoms with Crippen molar-refractivity contribution in [1.82, 2.24) is 4.90 Å². The summed E-state index contributed by atoms with van der Waals surface area (Å²) in [6.45, 7) is 2.90. The summed E-state index contributed by atoms with van der Waals surface area (Å²) in [6.07, 6.45) is 2.93. The molecule has 0 bridgehead atoms. The molecule has 0 spiro atoms. The molecule has 4 nitrogen and oxygen atoms in total. The van der Waals surface area contributed by atoms with E-state index in [0.29, 0.717) is 17.5 Å². The number of nitrogens with zero attached hydrogens (tertiary/aromatic N) is 1. The molecule has 140 valence electrons. The minimum absolute atomic E-state index is 0.105. The van der Waals surface area contributed by atoms with Crippen molar-refractivity contribution < 1.29 is 18.4 Å². The lowest BCUT2D eigenvalue weighted by Gasteiger charge is -2.18. The van der Waals surface area contributed by atoms with Crippen LogP contribution in [0.15, 0.2) is 24.3 Å². The summed E-state index contributed by atoms with van der Waals surface area (Å²) in [5, 5.41) is 2.62. The van der Waals surface area contributed by atoms with E-state index >= 15 is 0 Å². The standard InChI is InChI=1S/C20H24F2N2O2/c1-20(21,22)12-3-2-4-13(9-12)23-18(26)8-7-17(25)19-15-10-24(11-16(15)19)14-5-6-14/h2-4,9,14-16,19H,5-8,10-11H2,1H3,(H,23,26)/t15-,16+,19?. The number of hydrogen-bond donors (Lipinski definition) is 1. The van der Waals surface area contributed by atoms with E-state index in [0.717, 1.165) is 26.1 Å². The molecule has 6 heteroatoms. The van der Waals surface area contributed by atoms with Crippen molar-refractivity contribution >= 4 is 17.4 Å². The zero-order chi connectivity index (χ0) is 18.5. The molecule has 3 fully saturated rings. The van der Waals surface area contributed by atoms with Gasteiger partial charge in [-0.15, -0.1) is 0 Å². The van der Waals surface area contributed by atoms with Gasteiger partial charge >= 0.3 is 0 Å². The largest absolute Gasteiger partial charge is 0.326 e. The van der Waals surface area contributed by atoms with Crippen molar-refractivity contribution in [3.8, 4) is 0 Å². The van der Waals surface area contributed by atoms with E-state index in [2.05, 4.69) is 10.2 Å². The molecule has 1 heterocycles. The lowest BCUT2D eigenvalue weighted by atomic mass is 10.1. The summed E-state index contributed by atoms with van der Waals surface area (Å²) < 4.78 is 26.7. The van der Waals surface area contributed by atoms with Crippen LogP contribution in [0.3, 0.4) is 0 Å². The van der Waals surface area contributed by atoms with Gasteiger partial charge < -0.3 is 5.32 Å². The molecule has 0 radical (unpaired) electrons. The number of nitrogens with one attached hydrogen (secondary N) is 1. The first-order valence-corrected chi connectivity index (χ1v) is 9.38. The highest BCUT2D eigenvalue weighted by Crippen LogP contribution is 2.54. The molecule has 4 rings (SSSR count). The quantitative estimate of drug-likeness (QED) is 0.809. The van der Waals surface area contributed by atoms with Crippen LogP contribution >= 0.6 is 0 Å². The van der Waals surface area contributed by atoms with E-state index in [1.807, 2.05) is 0 Å². The molecule has 1 N–H and O–H groups in total. The van der Waals surface area contributed by atoms with Crippen molar-refractivity contribution in [1.29, 1.82) is 0 Å². The normalized spacial score (nSPS) is 27.9. The molecule has 0 aromatic heterocycles. The topological polar surface area (TPSA) is 49.4 Å². The molecule has 2 aliphatic carbocycles. The number of halogens is 2. The minimum atomic E-state index is -2.95. The highest BCUT2D eigenvalue weighted by Gasteiger charge is 2.60. The fourth-order valence-corrected chi connectivity index (χ4v) is 4.27. The Kier molecular flexibility index (Phi) is 4.34. The highest BCUT2D eigenvalue weighted by atomic mass is 19.3. The monoisotopic (exact) mass is 362 g/mol. The van der Waals surface area contributed by atoms with Crippen LogP contribution in [0.1, 0.15) is 38.2 Å². The number of anilines is 1. The van der Waals surface area contributed by atoms with Gasteiger partial charge in [0.2, 0.25) is 5.91 Å². The van der Waals surface area contributed by atoms with E-state index in [-0.39, 0.29) is 36.0 Å². The van der Waals surface area contributed by atoms with Crippen LogP contribution in [0, 0.1) is 17.8 Å². The number of Topliss-reactive ketones (excluding diaryl/α,β-unsaturated/α-hetero) is 1. The van der Waals surface area contributed by atoms with Crippen LogP contribution < -0.4 is 5.32 Å². The maximum Gasteiger partial charge on any atom is 0.270 e. The van der Waals surface area contributed by atoms with Crippen LogP contribution in [-0.4, -0.2) is 35.7 Å². The number of amides is 1. The number of carbonyl (C=O) groups is 2. The van der Waals surface area contributed by atoms with Crippen LogP contribution in [0.5, 0.6) is 0 Å². The SMILES string of the molecule is CC(F)(F)c1cccc(NC(=O)CCC(=O)C2[C@H]3CN(C4CC4)C[C@@H]23)c1. The number of alkyl halides is 2. The maximum absolute atomic E-state index is 13.4. The fourth-order valence-electron chi connectivity index (χ4n) is 4.27. The third kappa shape index (κ3) is 3.65. The van der Waals surface area contributed by atoms with Crippen molar-refractivity contribution in [3.05, 3.63) is 29.8 Å². The van der Waals surface area contributed by atoms with Gasteiger partial charge in [0.05, 0.1) is 0 Å². The van der Waals surface area contributed by atoms with Gasteiger partial charge in [-0.3, -0.25) is 14.5 Å². The van der Waals surface area contributed by atoms with Gasteiger partial charge in [0.25, 0.3) is 5.92 Å². The van der Waals surface area contributed by atoms with E-state index in [1.54, 1.807) is 6.07 Å². The summed E-state index contributed by atoms with van der Waals surface area (Å²) >= 11 is 0. The summed E-state index contributed by atoms with van der Waals surface area (Å²) in [5.41, 5.74) is 0.197. The van der Waals surface area contributed by atoms with Gasteiger partial charge in [0.1, 0.15) is 5.78 Å². The molecule has 2 saturated carbocycles. The molecule has 1 saturated heterocycles. The minimum Gasteiger partial charge on any atom is -0.326 e. The van der Waals surface area contributed by atoms with Gasteiger partial charge in [-0.2, -0.15) is 0 Å². The summed E-state index contributed by atoms with van der Waals surface area (Å²) in [4.78, 5) is 26.9. The second kappa shape index (κ2) is 6.41. The molecular formula is C20H24F2N2O2. The lowest BCUT2D eigenvalue weighted by molar-refractivity contribution is -0.124. The number of hydrogen-bond acceptors (Lipinski definition) is 3. The van der Waals surface area contributed by atoms with E-state index in [4.69, 9.17) is 0 Å². The van der Waals surface area contributed by atoms with Gasteiger partial charge in [0.15, 0.2) is 0 Å². The summed E-state index contributed by atoms with van der Waals surface area (Å²) in [7, 11) is 0. The Morgan fingerprint density at radius 2 is 1.88 bits per heavy atom. The van der Waals surface area contributed by atoms with Crippen LogP contribution in [0.25, 0.3) is 0 Å². The van der Waals surface area contributed by atoms with Gasteiger partial charge in [0, 0.05) is 56.1 Å². The maximum atomic E-state index is 13.4. The number of ketones is 1. The molecule has 1 aliphatic heterocycles. The molecule has 1 unspecified atom stereocenters. The van der Waals surface area contributed by atoms with Crippen molar-refractivity contribution in [3.63, 3.8) is 0 Å². The van der Waals surface area contributed by atoms with Crippen molar-refractivity contribution in [2.45, 2.75) is 44.6 Å². The summed E-state index contributed by atoms with van der Waals surface area (Å²) in [5.74, 6) is -1.95. The number of likely N-dealkylation sites (tertiary alicyclic amines) is 1. The Labute approximate surface area is 151 Å². The second-order valence-electron chi connectivity index (χ2n) is 8.02. The van der Waals surface area contributed by atoms with Crippen LogP contribution in [0.2, 0.25) is 0 Å². The lowest BCUT2D eigenvalue weighted by Crippen LogP contribution is -2.28. The van der Waals surface area contributed by atoms with Gasteiger partial charge in [-0.05, 0) is 36.8 Å². The zero-order valence-corrected chi connectivity index (χ0v) is 14.9. The number of benzene rings is 1. The molecule has 1 aromatic carbocycles. The number of piperidine rings is 1. The third-order valence-corrected chi connectivity index (χ3v) is 5.91. The first kappa shape index (κ1) is 17.6. The Balaban J connectivity index is 1.23.